The molecule has 1 N–H and O–H groups in total. The second-order valence-corrected chi connectivity index (χ2v) is 11.3. The third kappa shape index (κ3) is 7.81. The number of ether oxygens (including phenoxy) is 1. The van der Waals surface area contributed by atoms with Crippen LogP contribution in [0.5, 0.6) is 5.75 Å². The van der Waals surface area contributed by atoms with Crippen molar-refractivity contribution in [1.29, 1.82) is 0 Å². The predicted molar refractivity (Wildman–Crippen MR) is 153 cm³/mol. The van der Waals surface area contributed by atoms with Crippen LogP contribution >= 0.6 is 0 Å². The molecule has 3 aromatic carbocycles. The van der Waals surface area contributed by atoms with Gasteiger partial charge in [-0.15, -0.1) is 0 Å². The van der Waals surface area contributed by atoms with Crippen molar-refractivity contribution in [1.82, 2.24) is 10.2 Å². The van der Waals surface area contributed by atoms with Crippen LogP contribution in [0, 0.1) is 5.82 Å². The summed E-state index contributed by atoms with van der Waals surface area (Å²) in [5.74, 6) is -0.980. The molecule has 10 heteroatoms. The van der Waals surface area contributed by atoms with Gasteiger partial charge < -0.3 is 15.0 Å². The molecule has 2 atom stereocenters. The second kappa shape index (κ2) is 13.9. The van der Waals surface area contributed by atoms with E-state index in [9.17, 15) is 22.4 Å². The van der Waals surface area contributed by atoms with Gasteiger partial charge in [-0.25, -0.2) is 12.8 Å². The maximum Gasteiger partial charge on any atom is 0.264 e. The Hall–Kier alpha value is -3.92. The van der Waals surface area contributed by atoms with E-state index in [1.165, 1.54) is 41.3 Å². The molecule has 214 valence electrons. The maximum atomic E-state index is 13.9. The highest BCUT2D eigenvalue weighted by Gasteiger charge is 2.32. The number of benzene rings is 3. The van der Waals surface area contributed by atoms with E-state index in [0.29, 0.717) is 18.8 Å². The van der Waals surface area contributed by atoms with Crippen molar-refractivity contribution < 1.29 is 27.1 Å². The van der Waals surface area contributed by atoms with Crippen LogP contribution in [-0.2, 0) is 26.2 Å². The number of nitrogens with zero attached hydrogens (tertiary/aromatic N) is 2. The highest BCUT2D eigenvalue weighted by Crippen LogP contribution is 2.26. The van der Waals surface area contributed by atoms with Crippen molar-refractivity contribution in [3.63, 3.8) is 0 Å². The topological polar surface area (TPSA) is 96.0 Å². The molecule has 3 aromatic rings. The first kappa shape index (κ1) is 30.6. The Balaban J connectivity index is 2.00. The average Bonchev–Trinajstić information content (AvgIpc) is 2.95. The number of rotatable bonds is 13. The highest BCUT2D eigenvalue weighted by atomic mass is 32.2. The quantitative estimate of drug-likeness (QED) is 0.321. The molecule has 0 heterocycles. The third-order valence-electron chi connectivity index (χ3n) is 6.48. The molecular formula is C30H36FN3O5S. The van der Waals surface area contributed by atoms with Gasteiger partial charge in [-0.1, -0.05) is 37.3 Å². The molecule has 3 rings (SSSR count). The fourth-order valence-electron chi connectivity index (χ4n) is 3.97. The summed E-state index contributed by atoms with van der Waals surface area (Å²) >= 11 is 0. The molecule has 0 fully saturated rings. The summed E-state index contributed by atoms with van der Waals surface area (Å²) in [4.78, 5) is 28.2. The number of carbonyl (C=O) groups excluding carboxylic acids is 2. The molecule has 0 radical (unpaired) electrons. The monoisotopic (exact) mass is 569 g/mol. The Morgan fingerprint density at radius 3 is 2.12 bits per heavy atom. The van der Waals surface area contributed by atoms with Gasteiger partial charge in [-0.2, -0.15) is 0 Å². The fourth-order valence-corrected chi connectivity index (χ4v) is 5.38. The first-order valence-electron chi connectivity index (χ1n) is 13.2. The van der Waals surface area contributed by atoms with E-state index in [-0.39, 0.29) is 29.1 Å². The lowest BCUT2D eigenvalue weighted by molar-refractivity contribution is -0.139. The second-order valence-electron chi connectivity index (χ2n) is 9.39. The van der Waals surface area contributed by atoms with E-state index in [1.54, 1.807) is 6.92 Å². The normalized spacial score (nSPS) is 12.7. The first-order chi connectivity index (χ1) is 19.1. The molecule has 0 unspecified atom stereocenters. The van der Waals surface area contributed by atoms with Gasteiger partial charge in [0.05, 0.1) is 17.2 Å². The van der Waals surface area contributed by atoms with Crippen molar-refractivity contribution >= 4 is 27.5 Å². The van der Waals surface area contributed by atoms with E-state index < -0.39 is 34.3 Å². The summed E-state index contributed by atoms with van der Waals surface area (Å²) in [6.07, 6.45) is 0.712. The van der Waals surface area contributed by atoms with Crippen LogP contribution in [0.3, 0.4) is 0 Å². The van der Waals surface area contributed by atoms with E-state index in [4.69, 9.17) is 4.74 Å². The van der Waals surface area contributed by atoms with Gasteiger partial charge in [0.15, 0.2) is 0 Å². The van der Waals surface area contributed by atoms with Crippen molar-refractivity contribution in [2.45, 2.75) is 57.6 Å². The number of sulfonamides is 1. The Kier molecular flexibility index (Phi) is 10.7. The van der Waals surface area contributed by atoms with Gasteiger partial charge in [-0.3, -0.25) is 13.9 Å². The molecule has 0 bridgehead atoms. The minimum Gasteiger partial charge on any atom is -0.494 e. The molecule has 0 spiro atoms. The van der Waals surface area contributed by atoms with Crippen LogP contribution in [0.1, 0.15) is 39.7 Å². The number of hydrogen-bond donors (Lipinski definition) is 1. The van der Waals surface area contributed by atoms with Crippen LogP contribution in [0.4, 0.5) is 10.1 Å². The lowest BCUT2D eigenvalue weighted by Crippen LogP contribution is -2.52. The molecule has 0 aliphatic rings. The van der Waals surface area contributed by atoms with Crippen LogP contribution in [0.25, 0.3) is 0 Å². The lowest BCUT2D eigenvalue weighted by Gasteiger charge is -2.32. The van der Waals surface area contributed by atoms with Gasteiger partial charge in [0.1, 0.15) is 24.2 Å². The van der Waals surface area contributed by atoms with Gasteiger partial charge in [0.25, 0.3) is 10.0 Å². The summed E-state index contributed by atoms with van der Waals surface area (Å²) in [5.41, 5.74) is 0.891. The molecule has 0 saturated carbocycles. The minimum absolute atomic E-state index is 0.0646. The summed E-state index contributed by atoms with van der Waals surface area (Å²) in [6.45, 7) is 7.15. The number of carbonyl (C=O) groups is 2. The van der Waals surface area contributed by atoms with Crippen molar-refractivity contribution in [2.24, 2.45) is 0 Å². The third-order valence-corrected chi connectivity index (χ3v) is 8.27. The molecule has 0 aliphatic heterocycles. The predicted octanol–water partition coefficient (Wildman–Crippen LogP) is 4.75. The number of hydrogen-bond acceptors (Lipinski definition) is 5. The molecular weight excluding hydrogens is 533 g/mol. The zero-order valence-electron chi connectivity index (χ0n) is 23.2. The summed E-state index contributed by atoms with van der Waals surface area (Å²) in [6, 6.07) is 18.9. The smallest absolute Gasteiger partial charge is 0.264 e. The molecule has 2 amide bonds. The largest absolute Gasteiger partial charge is 0.494 e. The van der Waals surface area contributed by atoms with E-state index in [0.717, 1.165) is 22.0 Å². The first-order valence-corrected chi connectivity index (χ1v) is 14.7. The zero-order chi connectivity index (χ0) is 29.3. The van der Waals surface area contributed by atoms with Gasteiger partial charge >= 0.3 is 0 Å². The molecule has 8 nitrogen and oxygen atoms in total. The number of halogens is 1. The Bertz CT molecular complexity index is 1370. The van der Waals surface area contributed by atoms with Gasteiger partial charge in [0, 0.05) is 12.6 Å². The highest BCUT2D eigenvalue weighted by molar-refractivity contribution is 7.92. The lowest BCUT2D eigenvalue weighted by atomic mass is 10.1. The minimum atomic E-state index is -4.26. The summed E-state index contributed by atoms with van der Waals surface area (Å²) in [7, 11) is -4.26. The van der Waals surface area contributed by atoms with Crippen molar-refractivity contribution in [2.75, 3.05) is 17.5 Å². The van der Waals surface area contributed by atoms with Crippen molar-refractivity contribution in [3.05, 3.63) is 90.2 Å². The zero-order valence-corrected chi connectivity index (χ0v) is 24.0. The Labute approximate surface area is 235 Å². The van der Waals surface area contributed by atoms with Crippen molar-refractivity contribution in [3.8, 4) is 5.75 Å². The molecule has 0 saturated heterocycles. The van der Waals surface area contributed by atoms with E-state index in [1.807, 2.05) is 51.1 Å². The number of nitrogens with one attached hydrogen (secondary N) is 1. The Morgan fingerprint density at radius 2 is 1.55 bits per heavy atom. The SMILES string of the molecule is CCOc1ccc(S(=O)(=O)N(CC(=O)N(Cc2ccccc2)[C@@H](C)C(=O)N[C@H](C)CC)c2ccc(F)cc2)cc1. The van der Waals surface area contributed by atoms with E-state index in [2.05, 4.69) is 5.32 Å². The Morgan fingerprint density at radius 1 is 0.925 bits per heavy atom. The average molecular weight is 570 g/mol. The maximum absolute atomic E-state index is 13.9. The van der Waals surface area contributed by atoms with Crippen LogP contribution in [0.15, 0.2) is 83.8 Å². The number of anilines is 1. The molecule has 0 aromatic heterocycles. The van der Waals surface area contributed by atoms with Crippen LogP contribution in [-0.4, -0.2) is 50.4 Å². The van der Waals surface area contributed by atoms with Crippen LogP contribution in [0.2, 0.25) is 0 Å². The standard InChI is InChI=1S/C30H36FN3O5S/c1-5-22(3)32-30(36)23(4)33(20-24-10-8-7-9-11-24)29(35)21-34(26-14-12-25(31)13-15-26)40(37,38)28-18-16-27(17-19-28)39-6-2/h7-19,22-23H,5-6,20-21H2,1-4H3,(H,32,36)/t22-,23+/m1/s1. The van der Waals surface area contributed by atoms with Crippen LogP contribution < -0.4 is 14.4 Å². The van der Waals surface area contributed by atoms with E-state index >= 15 is 0 Å². The number of amides is 2. The summed E-state index contributed by atoms with van der Waals surface area (Å²) < 4.78 is 47.8. The summed E-state index contributed by atoms with van der Waals surface area (Å²) in [5, 5.41) is 2.90. The molecule has 0 aliphatic carbocycles. The molecule has 40 heavy (non-hydrogen) atoms. The fraction of sp³-hybridized carbons (Fsp3) is 0.333. The van der Waals surface area contributed by atoms with Gasteiger partial charge in [0.2, 0.25) is 11.8 Å². The van der Waals surface area contributed by atoms with Gasteiger partial charge in [-0.05, 0) is 81.3 Å².